The van der Waals surface area contributed by atoms with Crippen LogP contribution in [0.2, 0.25) is 0 Å². The Kier molecular flexibility index (Phi) is 2.55. The Morgan fingerprint density at radius 3 is 3.07 bits per heavy atom. The molecule has 0 bridgehead atoms. The summed E-state index contributed by atoms with van der Waals surface area (Å²) in [6.07, 6.45) is 4.56. The molecule has 0 aliphatic rings. The van der Waals surface area contributed by atoms with Gasteiger partial charge in [0, 0.05) is 6.20 Å². The van der Waals surface area contributed by atoms with Crippen LogP contribution in [0.4, 0.5) is 5.69 Å². The zero-order chi connectivity index (χ0) is 10.8. The van der Waals surface area contributed by atoms with Gasteiger partial charge in [-0.3, -0.25) is 5.84 Å². The molecule has 0 fully saturated rings. The maximum Gasteiger partial charge on any atom is 0.160 e. The Balaban J connectivity index is 2.60. The molecule has 0 saturated carbocycles. The predicted molar refractivity (Wildman–Crippen MR) is 60.3 cm³/mol. The minimum Gasteiger partial charge on any atom is -0.323 e. The van der Waals surface area contributed by atoms with Crippen LogP contribution >= 0.6 is 0 Å². The normalized spacial score (nSPS) is 13.0. The second-order valence-corrected chi connectivity index (χ2v) is 3.59. The maximum absolute atomic E-state index is 5.42. The molecule has 2 aromatic heterocycles. The Labute approximate surface area is 88.3 Å². The van der Waals surface area contributed by atoms with Crippen molar-refractivity contribution in [1.82, 2.24) is 14.8 Å². The van der Waals surface area contributed by atoms with Crippen molar-refractivity contribution in [2.75, 3.05) is 5.43 Å². The van der Waals surface area contributed by atoms with E-state index in [1.54, 1.807) is 12.4 Å². The van der Waals surface area contributed by atoms with Gasteiger partial charge in [0.2, 0.25) is 0 Å². The van der Waals surface area contributed by atoms with Crippen LogP contribution in [0.5, 0.6) is 0 Å². The van der Waals surface area contributed by atoms with E-state index in [1.807, 2.05) is 10.7 Å². The molecule has 2 aromatic rings. The third-order valence-electron chi connectivity index (χ3n) is 2.66. The standard InChI is InChI=1S/C10H15N5/c1-3-7(2)15-10-8(6-13-15)9(14-11)4-5-12-10/h4-7H,3,11H2,1-2H3,(H,12,14). The number of pyridine rings is 1. The van der Waals surface area contributed by atoms with Crippen LogP contribution in [-0.2, 0) is 0 Å². The number of hydrazine groups is 1. The Bertz CT molecular complexity index is 462. The molecule has 0 saturated heterocycles. The average Bonchev–Trinajstić information content (AvgIpc) is 2.71. The number of aromatic nitrogens is 3. The third-order valence-corrected chi connectivity index (χ3v) is 2.66. The highest BCUT2D eigenvalue weighted by Crippen LogP contribution is 2.23. The summed E-state index contributed by atoms with van der Waals surface area (Å²) in [5.41, 5.74) is 4.38. The van der Waals surface area contributed by atoms with Crippen LogP contribution in [0.3, 0.4) is 0 Å². The van der Waals surface area contributed by atoms with Crippen molar-refractivity contribution < 1.29 is 0 Å². The SMILES string of the molecule is CCC(C)n1ncc2c(NN)ccnc21. The van der Waals surface area contributed by atoms with Crippen molar-refractivity contribution >= 4 is 16.7 Å². The molecule has 1 unspecified atom stereocenters. The molecule has 0 aliphatic heterocycles. The van der Waals surface area contributed by atoms with Crippen molar-refractivity contribution in [1.29, 1.82) is 0 Å². The predicted octanol–water partition coefficient (Wildman–Crippen LogP) is 1.69. The maximum atomic E-state index is 5.42. The molecule has 5 nitrogen and oxygen atoms in total. The van der Waals surface area contributed by atoms with Crippen molar-refractivity contribution in [2.24, 2.45) is 5.84 Å². The molecule has 15 heavy (non-hydrogen) atoms. The summed E-state index contributed by atoms with van der Waals surface area (Å²) < 4.78 is 1.93. The summed E-state index contributed by atoms with van der Waals surface area (Å²) in [7, 11) is 0. The molecule has 0 radical (unpaired) electrons. The van der Waals surface area contributed by atoms with E-state index >= 15 is 0 Å². The second-order valence-electron chi connectivity index (χ2n) is 3.59. The van der Waals surface area contributed by atoms with Gasteiger partial charge in [-0.2, -0.15) is 5.10 Å². The first-order valence-corrected chi connectivity index (χ1v) is 5.06. The summed E-state index contributed by atoms with van der Waals surface area (Å²) >= 11 is 0. The average molecular weight is 205 g/mol. The number of fused-ring (bicyclic) bond motifs is 1. The molecule has 3 N–H and O–H groups in total. The topological polar surface area (TPSA) is 68.8 Å². The van der Waals surface area contributed by atoms with E-state index in [-0.39, 0.29) is 0 Å². The van der Waals surface area contributed by atoms with Gasteiger partial charge in [0.1, 0.15) is 0 Å². The minimum absolute atomic E-state index is 0.350. The quantitative estimate of drug-likeness (QED) is 0.591. The summed E-state index contributed by atoms with van der Waals surface area (Å²) in [4.78, 5) is 4.32. The van der Waals surface area contributed by atoms with Gasteiger partial charge in [0.05, 0.1) is 23.3 Å². The molecule has 2 rings (SSSR count). The summed E-state index contributed by atoms with van der Waals surface area (Å²) in [5, 5.41) is 5.29. The third kappa shape index (κ3) is 1.55. The Morgan fingerprint density at radius 1 is 1.60 bits per heavy atom. The van der Waals surface area contributed by atoms with E-state index in [4.69, 9.17) is 5.84 Å². The Morgan fingerprint density at radius 2 is 2.40 bits per heavy atom. The molecule has 2 heterocycles. The number of rotatable bonds is 3. The lowest BCUT2D eigenvalue weighted by Crippen LogP contribution is -2.08. The fourth-order valence-electron chi connectivity index (χ4n) is 1.57. The van der Waals surface area contributed by atoms with Gasteiger partial charge in [0.15, 0.2) is 5.65 Å². The van der Waals surface area contributed by atoms with E-state index in [1.165, 1.54) is 0 Å². The van der Waals surface area contributed by atoms with Crippen LogP contribution in [0.25, 0.3) is 11.0 Å². The molecule has 5 heteroatoms. The number of nitrogens with one attached hydrogen (secondary N) is 1. The summed E-state index contributed by atoms with van der Waals surface area (Å²) in [5.74, 6) is 5.42. The zero-order valence-corrected chi connectivity index (χ0v) is 8.94. The fourth-order valence-corrected chi connectivity index (χ4v) is 1.57. The monoisotopic (exact) mass is 205 g/mol. The first-order valence-electron chi connectivity index (χ1n) is 5.06. The van der Waals surface area contributed by atoms with E-state index in [2.05, 4.69) is 29.4 Å². The van der Waals surface area contributed by atoms with E-state index in [0.717, 1.165) is 23.1 Å². The van der Waals surface area contributed by atoms with Crippen LogP contribution in [0.1, 0.15) is 26.3 Å². The lowest BCUT2D eigenvalue weighted by molar-refractivity contribution is 0.490. The number of hydrogen-bond donors (Lipinski definition) is 2. The van der Waals surface area contributed by atoms with Gasteiger partial charge in [0.25, 0.3) is 0 Å². The number of hydrogen-bond acceptors (Lipinski definition) is 4. The highest BCUT2D eigenvalue weighted by atomic mass is 15.3. The first-order chi connectivity index (χ1) is 7.27. The smallest absolute Gasteiger partial charge is 0.160 e. The minimum atomic E-state index is 0.350. The van der Waals surface area contributed by atoms with E-state index in [9.17, 15) is 0 Å². The molecular weight excluding hydrogens is 190 g/mol. The van der Waals surface area contributed by atoms with Gasteiger partial charge in [-0.15, -0.1) is 0 Å². The van der Waals surface area contributed by atoms with Crippen molar-refractivity contribution in [2.45, 2.75) is 26.3 Å². The number of nitrogens with zero attached hydrogens (tertiary/aromatic N) is 3. The zero-order valence-electron chi connectivity index (χ0n) is 8.94. The van der Waals surface area contributed by atoms with E-state index < -0.39 is 0 Å². The van der Waals surface area contributed by atoms with Crippen LogP contribution in [-0.4, -0.2) is 14.8 Å². The van der Waals surface area contributed by atoms with Gasteiger partial charge in [-0.05, 0) is 19.4 Å². The summed E-state index contributed by atoms with van der Waals surface area (Å²) in [6.45, 7) is 4.25. The molecule has 0 aromatic carbocycles. The first kappa shape index (κ1) is 9.92. The van der Waals surface area contributed by atoms with Crippen LogP contribution in [0, 0.1) is 0 Å². The molecule has 0 spiro atoms. The largest absolute Gasteiger partial charge is 0.323 e. The van der Waals surface area contributed by atoms with Gasteiger partial charge in [-0.25, -0.2) is 9.67 Å². The lowest BCUT2D eigenvalue weighted by Gasteiger charge is -2.09. The van der Waals surface area contributed by atoms with Crippen molar-refractivity contribution in [3.63, 3.8) is 0 Å². The molecular formula is C10H15N5. The fraction of sp³-hybridized carbons (Fsp3) is 0.400. The van der Waals surface area contributed by atoms with Gasteiger partial charge < -0.3 is 5.43 Å². The Hall–Kier alpha value is -1.62. The van der Waals surface area contributed by atoms with Crippen molar-refractivity contribution in [3.8, 4) is 0 Å². The van der Waals surface area contributed by atoms with Crippen LogP contribution in [0.15, 0.2) is 18.5 Å². The number of nitrogens with two attached hydrogens (primary N) is 1. The van der Waals surface area contributed by atoms with E-state index in [0.29, 0.717) is 6.04 Å². The van der Waals surface area contributed by atoms with Gasteiger partial charge in [-0.1, -0.05) is 6.92 Å². The van der Waals surface area contributed by atoms with Crippen molar-refractivity contribution in [3.05, 3.63) is 18.5 Å². The molecule has 1 atom stereocenters. The number of nitrogen functional groups attached to an aromatic ring is 1. The second kappa shape index (κ2) is 3.86. The van der Waals surface area contributed by atoms with Gasteiger partial charge >= 0.3 is 0 Å². The highest BCUT2D eigenvalue weighted by Gasteiger charge is 2.10. The highest BCUT2D eigenvalue weighted by molar-refractivity contribution is 5.88. The lowest BCUT2D eigenvalue weighted by atomic mass is 10.2. The molecule has 0 aliphatic carbocycles. The molecule has 80 valence electrons. The van der Waals surface area contributed by atoms with Crippen LogP contribution < -0.4 is 11.3 Å². The molecule has 0 amide bonds. The number of anilines is 1. The summed E-state index contributed by atoms with van der Waals surface area (Å²) in [6, 6.07) is 2.19.